The van der Waals surface area contributed by atoms with Crippen LogP contribution >= 0.6 is 7.75 Å². The van der Waals surface area contributed by atoms with Crippen LogP contribution in [0.5, 0.6) is 0 Å². The number of rotatable bonds is 7. The summed E-state index contributed by atoms with van der Waals surface area (Å²) >= 11 is 0. The lowest BCUT2D eigenvalue weighted by molar-refractivity contribution is -0.152. The number of carbonyl (C=O) groups is 2. The van der Waals surface area contributed by atoms with Gasteiger partial charge in [-0.2, -0.15) is 0 Å². The van der Waals surface area contributed by atoms with Gasteiger partial charge in [-0.05, 0) is 13.3 Å². The maximum Gasteiger partial charge on any atom is 0.406 e. The molecule has 30 heavy (non-hydrogen) atoms. The fraction of sp³-hybridized carbons (Fsp3) is 0.765. The molecule has 0 aromatic heterocycles. The molecule has 2 unspecified atom stereocenters. The maximum absolute atomic E-state index is 12.9. The number of ether oxygens (including phenoxy) is 2. The van der Waals surface area contributed by atoms with Gasteiger partial charge in [0.05, 0.1) is 25.9 Å². The van der Waals surface area contributed by atoms with Crippen LogP contribution in [0, 0.1) is 5.92 Å². The summed E-state index contributed by atoms with van der Waals surface area (Å²) in [4.78, 5) is 24.5. The van der Waals surface area contributed by atoms with Crippen LogP contribution in [-0.4, -0.2) is 77.6 Å². The lowest BCUT2D eigenvalue weighted by atomic mass is 9.99. The first-order valence-corrected chi connectivity index (χ1v) is 11.4. The molecule has 170 valence electrons. The normalized spacial score (nSPS) is 37.3. The van der Waals surface area contributed by atoms with E-state index in [-0.39, 0.29) is 19.8 Å². The van der Waals surface area contributed by atoms with Gasteiger partial charge in [0.1, 0.15) is 12.1 Å². The van der Waals surface area contributed by atoms with Gasteiger partial charge in [-0.1, -0.05) is 13.3 Å². The van der Waals surface area contributed by atoms with E-state index in [1.807, 2.05) is 6.92 Å². The molecule has 0 aliphatic carbocycles. The van der Waals surface area contributed by atoms with Gasteiger partial charge in [0.15, 0.2) is 6.23 Å². The molecule has 3 heterocycles. The van der Waals surface area contributed by atoms with Crippen LogP contribution in [0.25, 0.3) is 0 Å². The van der Waals surface area contributed by atoms with Gasteiger partial charge in [-0.25, -0.2) is 9.65 Å². The molecule has 0 saturated carbocycles. The molecule has 1 amide bonds. The number of esters is 1. The predicted octanol–water partition coefficient (Wildman–Crippen LogP) is -0.614. The van der Waals surface area contributed by atoms with Crippen molar-refractivity contribution in [1.29, 1.82) is 0 Å². The molecule has 2 fully saturated rings. The zero-order valence-corrected chi connectivity index (χ0v) is 17.7. The van der Waals surface area contributed by atoms with Gasteiger partial charge in [-0.3, -0.25) is 18.6 Å². The summed E-state index contributed by atoms with van der Waals surface area (Å²) in [5.41, 5.74) is 0. The third-order valence-electron chi connectivity index (χ3n) is 5.06. The number of unbranched alkanes of at least 4 members (excludes halogenated alkanes) is 1. The largest absolute Gasteiger partial charge is 0.465 e. The predicted molar refractivity (Wildman–Crippen MR) is 101 cm³/mol. The lowest BCUT2D eigenvalue weighted by Crippen LogP contribution is -2.55. The minimum absolute atomic E-state index is 0.162. The lowest BCUT2D eigenvalue weighted by Gasteiger charge is -2.35. The molecule has 12 nitrogen and oxygen atoms in total. The molecule has 4 N–H and O–H groups in total. The van der Waals surface area contributed by atoms with E-state index in [1.54, 1.807) is 0 Å². The maximum atomic E-state index is 12.9. The molecule has 0 aromatic carbocycles. The van der Waals surface area contributed by atoms with Crippen molar-refractivity contribution in [3.63, 3.8) is 0 Å². The van der Waals surface area contributed by atoms with Gasteiger partial charge >= 0.3 is 13.7 Å². The number of fused-ring (bicyclic) bond motifs is 1. The third kappa shape index (κ3) is 5.20. The van der Waals surface area contributed by atoms with E-state index in [0.717, 1.165) is 12.8 Å². The van der Waals surface area contributed by atoms with Crippen molar-refractivity contribution < 1.29 is 42.9 Å². The summed E-state index contributed by atoms with van der Waals surface area (Å²) < 4.78 is 34.6. The Hall–Kier alpha value is -1.53. The second-order valence-electron chi connectivity index (χ2n) is 7.33. The summed E-state index contributed by atoms with van der Waals surface area (Å²) in [5, 5.41) is 25.5. The highest BCUT2D eigenvalue weighted by Gasteiger charge is 2.51. The molecule has 3 aliphatic rings. The second kappa shape index (κ2) is 9.73. The molecule has 2 saturated heterocycles. The van der Waals surface area contributed by atoms with E-state index in [9.17, 15) is 24.4 Å². The van der Waals surface area contributed by atoms with Gasteiger partial charge in [0.2, 0.25) is 12.3 Å². The Morgan fingerprint density at radius 3 is 2.87 bits per heavy atom. The second-order valence-corrected chi connectivity index (χ2v) is 9.10. The summed E-state index contributed by atoms with van der Waals surface area (Å²) in [6.07, 6.45) is 0.0148. The zero-order chi connectivity index (χ0) is 21.9. The number of aliphatic hydroxyl groups is 2. The smallest absolute Gasteiger partial charge is 0.406 e. The van der Waals surface area contributed by atoms with Gasteiger partial charge < -0.3 is 29.9 Å². The Balaban J connectivity index is 1.58. The summed E-state index contributed by atoms with van der Waals surface area (Å²) in [6.45, 7) is 3.41. The van der Waals surface area contributed by atoms with E-state index in [0.29, 0.717) is 0 Å². The summed E-state index contributed by atoms with van der Waals surface area (Å²) in [7, 11) is -3.83. The molecular weight excluding hydrogens is 421 g/mol. The molecule has 3 rings (SSSR count). The van der Waals surface area contributed by atoms with Crippen LogP contribution in [0.15, 0.2) is 12.3 Å². The van der Waals surface area contributed by atoms with Gasteiger partial charge in [0, 0.05) is 18.2 Å². The van der Waals surface area contributed by atoms with Crippen molar-refractivity contribution in [2.75, 3.05) is 19.8 Å². The van der Waals surface area contributed by atoms with Crippen LogP contribution in [-0.2, 0) is 32.7 Å². The topological polar surface area (TPSA) is 156 Å². The van der Waals surface area contributed by atoms with Crippen LogP contribution in [0.2, 0.25) is 0 Å². The van der Waals surface area contributed by atoms with E-state index in [1.165, 1.54) is 24.1 Å². The van der Waals surface area contributed by atoms with E-state index < -0.39 is 56.4 Å². The van der Waals surface area contributed by atoms with Crippen LogP contribution in [0.3, 0.4) is 0 Å². The van der Waals surface area contributed by atoms with E-state index in [2.05, 4.69) is 10.4 Å². The number of nitrogens with zero attached hydrogens (tertiary/aromatic N) is 1. The summed E-state index contributed by atoms with van der Waals surface area (Å²) in [6, 6.07) is -0.915. The molecule has 7 atom stereocenters. The number of carbonyl (C=O) groups excluding carboxylic acids is 2. The first-order chi connectivity index (χ1) is 14.2. The minimum atomic E-state index is -3.83. The fourth-order valence-corrected chi connectivity index (χ4v) is 4.83. The van der Waals surface area contributed by atoms with Crippen LogP contribution in [0.1, 0.15) is 26.7 Å². The Kier molecular flexibility index (Phi) is 7.51. The minimum Gasteiger partial charge on any atom is -0.465 e. The Labute approximate surface area is 174 Å². The first-order valence-electron chi connectivity index (χ1n) is 9.85. The van der Waals surface area contributed by atoms with Gasteiger partial charge in [-0.15, -0.1) is 0 Å². The van der Waals surface area contributed by atoms with Gasteiger partial charge in [0.25, 0.3) is 0 Å². The monoisotopic (exact) mass is 449 g/mol. The number of hydrogen-bond acceptors (Lipinski definition) is 10. The van der Waals surface area contributed by atoms with Crippen molar-refractivity contribution in [3.05, 3.63) is 12.3 Å². The molecule has 0 bridgehead atoms. The van der Waals surface area contributed by atoms with E-state index in [4.69, 9.17) is 18.5 Å². The Morgan fingerprint density at radius 2 is 2.17 bits per heavy atom. The van der Waals surface area contributed by atoms with Crippen molar-refractivity contribution in [2.24, 2.45) is 5.92 Å². The third-order valence-corrected chi connectivity index (χ3v) is 6.74. The first kappa shape index (κ1) is 23.1. The molecule has 3 aliphatic heterocycles. The standard InChI is InChI=1S/C17H28N3O9P/c1-3-4-7-26-16(23)10(2)19-30(25)27-8-11-12(9-28-30)29-15(14(11)22)20-6-5-13(21)18-17(20)24/h5-6,10-12,14-15,17,22,24H,3-4,7-9H2,1-2H3,(H,18,21)(H,19,25)/t10-,11-,12-,14-,15-,17?,30?/m1/s1. The number of nitrogens with one attached hydrogen (secondary N) is 2. The number of hydrogen-bond donors (Lipinski definition) is 4. The highest BCUT2D eigenvalue weighted by Crippen LogP contribution is 2.49. The SMILES string of the molecule is CCCCOC(=O)[C@@H](C)NP1(=O)OC[C@H]2[C@@H](O)[C@H](N3C=CC(=O)NC3O)O[C@@H]2CO1. The molecular formula is C17H28N3O9P. The summed E-state index contributed by atoms with van der Waals surface area (Å²) in [5.74, 6) is -1.64. The van der Waals surface area contributed by atoms with Crippen LogP contribution < -0.4 is 10.4 Å². The molecule has 0 spiro atoms. The van der Waals surface area contributed by atoms with Crippen LogP contribution in [0.4, 0.5) is 0 Å². The highest BCUT2D eigenvalue weighted by atomic mass is 31.2. The number of amides is 1. The quantitative estimate of drug-likeness (QED) is 0.223. The average molecular weight is 449 g/mol. The van der Waals surface area contributed by atoms with Crippen molar-refractivity contribution in [3.8, 4) is 0 Å². The highest BCUT2D eigenvalue weighted by molar-refractivity contribution is 7.51. The molecule has 0 radical (unpaired) electrons. The van der Waals surface area contributed by atoms with Crippen molar-refractivity contribution in [2.45, 2.75) is 57.5 Å². The average Bonchev–Trinajstić information content (AvgIpc) is 2.90. The van der Waals surface area contributed by atoms with E-state index >= 15 is 0 Å². The number of aliphatic hydroxyl groups excluding tert-OH is 2. The zero-order valence-electron chi connectivity index (χ0n) is 16.8. The Morgan fingerprint density at radius 1 is 1.43 bits per heavy atom. The molecule has 13 heteroatoms. The fourth-order valence-electron chi connectivity index (χ4n) is 3.32. The van der Waals surface area contributed by atoms with Crippen molar-refractivity contribution >= 4 is 19.6 Å². The molecule has 0 aromatic rings. The Bertz CT molecular complexity index is 721. The van der Waals surface area contributed by atoms with Crippen molar-refractivity contribution in [1.82, 2.24) is 15.3 Å².